The third-order valence-electron chi connectivity index (χ3n) is 4.30. The van der Waals surface area contributed by atoms with Gasteiger partial charge < -0.3 is 23.5 Å². The summed E-state index contributed by atoms with van der Waals surface area (Å²) in [5.41, 5.74) is 0.772. The van der Waals surface area contributed by atoms with Gasteiger partial charge in [-0.2, -0.15) is 0 Å². The van der Waals surface area contributed by atoms with Gasteiger partial charge in [-0.15, -0.1) is 0 Å². The van der Waals surface area contributed by atoms with E-state index >= 15 is 0 Å². The molecular weight excluding hydrogens is 460 g/mol. The minimum Gasteiger partial charge on any atom is -0.496 e. The quantitative estimate of drug-likeness (QED) is 0.400. The summed E-state index contributed by atoms with van der Waals surface area (Å²) >= 11 is 1.31. The number of sulfonamides is 1. The molecule has 4 aromatic rings. The van der Waals surface area contributed by atoms with Crippen LogP contribution in [-0.2, 0) is 10.0 Å². The first kappa shape index (κ1) is 21.6. The number of anilines is 1. The third kappa shape index (κ3) is 3.99. The van der Waals surface area contributed by atoms with Crippen LogP contribution in [0, 0.1) is 6.92 Å². The van der Waals surface area contributed by atoms with Gasteiger partial charge in [0.1, 0.15) is 22.6 Å². The van der Waals surface area contributed by atoms with Crippen LogP contribution in [0.3, 0.4) is 0 Å². The molecule has 13 heteroatoms. The molecule has 0 aliphatic carbocycles. The average Bonchev–Trinajstić information content (AvgIpc) is 3.42. The summed E-state index contributed by atoms with van der Waals surface area (Å²) in [6.45, 7) is 1.69. The Morgan fingerprint density at radius 2 is 1.84 bits per heavy atom. The number of thiazole rings is 1. The van der Waals surface area contributed by atoms with E-state index in [4.69, 9.17) is 23.5 Å². The van der Waals surface area contributed by atoms with Crippen LogP contribution in [0.25, 0.3) is 11.0 Å². The Morgan fingerprint density at radius 3 is 2.50 bits per heavy atom. The predicted molar refractivity (Wildman–Crippen MR) is 116 cm³/mol. The van der Waals surface area contributed by atoms with Crippen LogP contribution in [0.15, 0.2) is 39.2 Å². The Morgan fingerprint density at radius 1 is 1.06 bits per heavy atom. The Labute approximate surface area is 186 Å². The first-order chi connectivity index (χ1) is 15.4. The fourth-order valence-corrected chi connectivity index (χ4v) is 4.75. The molecule has 1 aromatic carbocycles. The molecule has 1 N–H and O–H groups in total. The van der Waals surface area contributed by atoms with Gasteiger partial charge in [-0.3, -0.25) is 4.72 Å². The van der Waals surface area contributed by atoms with E-state index in [9.17, 15) is 8.42 Å². The van der Waals surface area contributed by atoms with E-state index in [1.54, 1.807) is 30.6 Å². The lowest BCUT2D eigenvalue weighted by molar-refractivity contribution is 0.360. The maximum Gasteiger partial charge on any atom is 0.278 e. The lowest BCUT2D eigenvalue weighted by Gasteiger charge is -2.14. The highest BCUT2D eigenvalue weighted by Gasteiger charge is 2.29. The van der Waals surface area contributed by atoms with Crippen molar-refractivity contribution in [2.24, 2.45) is 0 Å². The molecule has 0 saturated heterocycles. The number of pyridine rings is 1. The van der Waals surface area contributed by atoms with Gasteiger partial charge in [-0.25, -0.2) is 18.4 Å². The molecule has 11 nitrogen and oxygen atoms in total. The number of nitrogens with one attached hydrogen (secondary N) is 1. The van der Waals surface area contributed by atoms with Crippen LogP contribution in [0.2, 0.25) is 0 Å². The molecule has 4 rings (SSSR count). The van der Waals surface area contributed by atoms with Crippen LogP contribution in [-0.4, -0.2) is 44.9 Å². The van der Waals surface area contributed by atoms with Gasteiger partial charge in [-0.05, 0) is 6.92 Å². The number of hydrogen-bond acceptors (Lipinski definition) is 11. The van der Waals surface area contributed by atoms with Crippen molar-refractivity contribution < 1.29 is 31.9 Å². The lowest BCUT2D eigenvalue weighted by atomic mass is 10.2. The molecule has 32 heavy (non-hydrogen) atoms. The van der Waals surface area contributed by atoms with E-state index < -0.39 is 10.0 Å². The molecule has 0 amide bonds. The molecule has 0 fully saturated rings. The summed E-state index contributed by atoms with van der Waals surface area (Å²) in [5, 5.41) is 6.37. The number of nitrogens with zero attached hydrogens (tertiary/aromatic N) is 3. The SMILES string of the molecule is COc1cc(C)nc(OC)c1S(=O)(=O)Nc1noc2cc(Oc3nccs3)cc(OC)c12. The molecule has 0 bridgehead atoms. The summed E-state index contributed by atoms with van der Waals surface area (Å²) in [7, 11) is -0.128. The van der Waals surface area contributed by atoms with Gasteiger partial charge in [-0.1, -0.05) is 16.5 Å². The maximum absolute atomic E-state index is 13.2. The standard InChI is InChI=1S/C19H18N4O7S2/c1-10-7-14(27-3)16(18(21-10)28-4)32(24,25)23-17-15-12(26-2)8-11(9-13(15)30-22-17)29-19-20-5-6-31-19/h5-9H,1-4H3,(H,22,23). The molecule has 0 atom stereocenters. The molecular formula is C19H18N4O7S2. The number of benzene rings is 1. The first-order valence-corrected chi connectivity index (χ1v) is 11.4. The van der Waals surface area contributed by atoms with Gasteiger partial charge in [0.25, 0.3) is 15.2 Å². The molecule has 0 aliphatic heterocycles. The topological polar surface area (TPSA) is 135 Å². The second-order valence-corrected chi connectivity index (χ2v) is 8.82. The lowest BCUT2D eigenvalue weighted by Crippen LogP contribution is -2.16. The zero-order valence-corrected chi connectivity index (χ0v) is 19.0. The number of rotatable bonds is 8. The number of fused-ring (bicyclic) bond motifs is 1. The Kier molecular flexibility index (Phi) is 5.76. The zero-order chi connectivity index (χ0) is 22.9. The van der Waals surface area contributed by atoms with E-state index in [1.165, 1.54) is 38.7 Å². The Bertz CT molecular complexity index is 1340. The normalized spacial score (nSPS) is 11.4. The van der Waals surface area contributed by atoms with Crippen LogP contribution < -0.4 is 23.7 Å². The Balaban J connectivity index is 1.77. The highest BCUT2D eigenvalue weighted by Crippen LogP contribution is 2.40. The molecule has 0 aliphatic rings. The molecule has 0 radical (unpaired) electrons. The van der Waals surface area contributed by atoms with E-state index in [0.717, 1.165) is 0 Å². The fourth-order valence-electron chi connectivity index (χ4n) is 2.98. The van der Waals surface area contributed by atoms with E-state index in [2.05, 4.69) is 19.8 Å². The molecule has 0 unspecified atom stereocenters. The van der Waals surface area contributed by atoms with Crippen LogP contribution >= 0.6 is 11.3 Å². The number of aromatic nitrogens is 3. The molecule has 168 valence electrons. The molecule has 3 aromatic heterocycles. The minimum absolute atomic E-state index is 0.0701. The maximum atomic E-state index is 13.2. The smallest absolute Gasteiger partial charge is 0.278 e. The van der Waals surface area contributed by atoms with Crippen molar-refractivity contribution in [2.45, 2.75) is 11.8 Å². The number of hydrogen-bond donors (Lipinski definition) is 1. The van der Waals surface area contributed by atoms with Crippen molar-refractivity contribution >= 4 is 38.1 Å². The van der Waals surface area contributed by atoms with Crippen molar-refractivity contribution in [3.05, 3.63) is 35.5 Å². The van der Waals surface area contributed by atoms with Crippen molar-refractivity contribution in [2.75, 3.05) is 26.1 Å². The largest absolute Gasteiger partial charge is 0.496 e. The predicted octanol–water partition coefficient (Wildman–Crippen LogP) is 3.61. The minimum atomic E-state index is -4.23. The van der Waals surface area contributed by atoms with Gasteiger partial charge >= 0.3 is 0 Å². The summed E-state index contributed by atoms with van der Waals surface area (Å²) in [6.07, 6.45) is 1.61. The summed E-state index contributed by atoms with van der Waals surface area (Å²) < 4.78 is 55.7. The van der Waals surface area contributed by atoms with E-state index in [1.807, 2.05) is 0 Å². The zero-order valence-electron chi connectivity index (χ0n) is 17.4. The van der Waals surface area contributed by atoms with Gasteiger partial charge in [0.15, 0.2) is 16.3 Å². The average molecular weight is 479 g/mol. The summed E-state index contributed by atoms with van der Waals surface area (Å²) in [5.74, 6) is 0.547. The number of ether oxygens (including phenoxy) is 4. The number of methoxy groups -OCH3 is 3. The highest BCUT2D eigenvalue weighted by molar-refractivity contribution is 7.93. The molecule has 3 heterocycles. The van der Waals surface area contributed by atoms with Crippen molar-refractivity contribution in [3.8, 4) is 28.3 Å². The summed E-state index contributed by atoms with van der Waals surface area (Å²) in [6, 6.07) is 4.62. The fraction of sp³-hybridized carbons (Fsp3) is 0.211. The van der Waals surface area contributed by atoms with E-state index in [0.29, 0.717) is 22.0 Å². The third-order valence-corrected chi connectivity index (χ3v) is 6.32. The first-order valence-electron chi connectivity index (χ1n) is 9.03. The summed E-state index contributed by atoms with van der Waals surface area (Å²) in [4.78, 5) is 7.92. The Hall–Kier alpha value is -3.58. The van der Waals surface area contributed by atoms with Crippen LogP contribution in [0.1, 0.15) is 5.69 Å². The van der Waals surface area contributed by atoms with Crippen molar-refractivity contribution in [1.29, 1.82) is 0 Å². The van der Waals surface area contributed by atoms with Gasteiger partial charge in [0.05, 0.1) is 21.3 Å². The van der Waals surface area contributed by atoms with Gasteiger partial charge in [0, 0.05) is 35.5 Å². The van der Waals surface area contributed by atoms with Crippen molar-refractivity contribution in [1.82, 2.24) is 15.1 Å². The highest BCUT2D eigenvalue weighted by atomic mass is 32.2. The van der Waals surface area contributed by atoms with Crippen molar-refractivity contribution in [3.63, 3.8) is 0 Å². The second kappa shape index (κ2) is 8.51. The molecule has 0 saturated carbocycles. The van der Waals surface area contributed by atoms with Gasteiger partial charge in [0.2, 0.25) is 5.88 Å². The molecule has 0 spiro atoms. The van der Waals surface area contributed by atoms with Crippen LogP contribution in [0.5, 0.6) is 28.3 Å². The monoisotopic (exact) mass is 478 g/mol. The number of aryl methyl sites for hydroxylation is 1. The van der Waals surface area contributed by atoms with Crippen LogP contribution in [0.4, 0.5) is 5.82 Å². The van der Waals surface area contributed by atoms with E-state index in [-0.39, 0.29) is 33.7 Å². The second-order valence-electron chi connectivity index (χ2n) is 6.34.